The fourth-order valence-corrected chi connectivity index (χ4v) is 2.04. The minimum atomic E-state index is -0.0245. The molecule has 0 unspecified atom stereocenters. The van der Waals surface area contributed by atoms with Crippen LogP contribution in [0.25, 0.3) is 6.08 Å². The summed E-state index contributed by atoms with van der Waals surface area (Å²) in [5.74, 6) is 1.16. The lowest BCUT2D eigenvalue weighted by molar-refractivity contribution is -0.113. The van der Waals surface area contributed by atoms with E-state index in [1.165, 1.54) is 13.2 Å². The predicted octanol–water partition coefficient (Wildman–Crippen LogP) is 3.23. The minimum Gasteiger partial charge on any atom is -0.504 e. The van der Waals surface area contributed by atoms with Gasteiger partial charge in [0.25, 0.3) is 0 Å². The monoisotopic (exact) mass is 298 g/mol. The first kappa shape index (κ1) is 15.6. The van der Waals surface area contributed by atoms with Crippen molar-refractivity contribution in [3.63, 3.8) is 0 Å². The smallest absolute Gasteiger partial charge is 0.160 e. The van der Waals surface area contributed by atoms with Gasteiger partial charge < -0.3 is 14.6 Å². The van der Waals surface area contributed by atoms with Gasteiger partial charge in [-0.3, -0.25) is 4.79 Å². The van der Waals surface area contributed by atoms with Crippen LogP contribution in [0, 0.1) is 0 Å². The Balaban J connectivity index is 2.03. The summed E-state index contributed by atoms with van der Waals surface area (Å²) in [5.41, 5.74) is 1.63. The van der Waals surface area contributed by atoms with Gasteiger partial charge in [-0.25, -0.2) is 0 Å². The second kappa shape index (κ2) is 7.31. The first-order valence-electron chi connectivity index (χ1n) is 6.83. The molecule has 0 spiro atoms. The van der Waals surface area contributed by atoms with Crippen molar-refractivity contribution >= 4 is 11.9 Å². The van der Waals surface area contributed by atoms with Crippen LogP contribution in [-0.4, -0.2) is 25.1 Å². The third-order valence-electron chi connectivity index (χ3n) is 3.18. The number of rotatable bonds is 6. The van der Waals surface area contributed by atoms with Gasteiger partial charge in [-0.05, 0) is 41.5 Å². The van der Waals surface area contributed by atoms with E-state index in [1.807, 2.05) is 24.3 Å². The van der Waals surface area contributed by atoms with Crippen molar-refractivity contribution in [2.75, 3.05) is 14.2 Å². The molecule has 4 heteroatoms. The summed E-state index contributed by atoms with van der Waals surface area (Å²) in [6.45, 7) is 0. The normalized spacial score (nSPS) is 10.6. The van der Waals surface area contributed by atoms with Crippen LogP contribution in [0.3, 0.4) is 0 Å². The molecule has 22 heavy (non-hydrogen) atoms. The highest BCUT2D eigenvalue weighted by molar-refractivity contribution is 5.95. The summed E-state index contributed by atoms with van der Waals surface area (Å²) in [7, 11) is 3.08. The van der Waals surface area contributed by atoms with Crippen molar-refractivity contribution in [2.45, 2.75) is 6.42 Å². The van der Waals surface area contributed by atoms with E-state index in [0.717, 1.165) is 16.9 Å². The first-order chi connectivity index (χ1) is 10.6. The van der Waals surface area contributed by atoms with Gasteiger partial charge in [-0.2, -0.15) is 0 Å². The Bertz CT molecular complexity index is 689. The molecule has 4 nitrogen and oxygen atoms in total. The second-order valence-corrected chi connectivity index (χ2v) is 4.76. The Kier molecular flexibility index (Phi) is 5.20. The van der Waals surface area contributed by atoms with Crippen molar-refractivity contribution in [1.82, 2.24) is 0 Å². The number of carbonyl (C=O) groups excluding carboxylic acids is 1. The van der Waals surface area contributed by atoms with E-state index < -0.39 is 0 Å². The average Bonchev–Trinajstić information content (AvgIpc) is 2.53. The molecule has 0 radical (unpaired) electrons. The predicted molar refractivity (Wildman–Crippen MR) is 85.4 cm³/mol. The summed E-state index contributed by atoms with van der Waals surface area (Å²) in [4.78, 5) is 12.0. The van der Waals surface area contributed by atoms with Crippen LogP contribution in [0.15, 0.2) is 48.5 Å². The Morgan fingerprint density at radius 2 is 1.95 bits per heavy atom. The van der Waals surface area contributed by atoms with E-state index in [-0.39, 0.29) is 11.5 Å². The van der Waals surface area contributed by atoms with Crippen LogP contribution in [-0.2, 0) is 11.2 Å². The number of allylic oxidation sites excluding steroid dienone is 1. The van der Waals surface area contributed by atoms with Gasteiger partial charge in [0.1, 0.15) is 5.75 Å². The maximum Gasteiger partial charge on any atom is 0.160 e. The van der Waals surface area contributed by atoms with E-state index in [0.29, 0.717) is 12.2 Å². The van der Waals surface area contributed by atoms with Gasteiger partial charge in [0.15, 0.2) is 17.3 Å². The molecule has 0 amide bonds. The van der Waals surface area contributed by atoms with E-state index in [1.54, 1.807) is 31.4 Å². The number of hydrogen-bond acceptors (Lipinski definition) is 4. The molecule has 0 aromatic heterocycles. The van der Waals surface area contributed by atoms with Crippen molar-refractivity contribution in [1.29, 1.82) is 0 Å². The third kappa shape index (κ3) is 4.12. The Morgan fingerprint density at radius 1 is 1.14 bits per heavy atom. The van der Waals surface area contributed by atoms with Gasteiger partial charge in [-0.1, -0.05) is 24.3 Å². The summed E-state index contributed by atoms with van der Waals surface area (Å²) < 4.78 is 10.1. The summed E-state index contributed by atoms with van der Waals surface area (Å²) >= 11 is 0. The molecule has 0 heterocycles. The topological polar surface area (TPSA) is 55.8 Å². The number of aromatic hydroxyl groups is 1. The average molecular weight is 298 g/mol. The van der Waals surface area contributed by atoms with Crippen LogP contribution >= 0.6 is 0 Å². The zero-order chi connectivity index (χ0) is 15.9. The number of ketones is 1. The molecule has 2 aromatic carbocycles. The largest absolute Gasteiger partial charge is 0.504 e. The van der Waals surface area contributed by atoms with Gasteiger partial charge in [-0.15, -0.1) is 0 Å². The molecule has 0 aliphatic rings. The van der Waals surface area contributed by atoms with Crippen LogP contribution in [0.1, 0.15) is 11.1 Å². The van der Waals surface area contributed by atoms with Crippen molar-refractivity contribution in [3.8, 4) is 17.2 Å². The molecule has 0 aliphatic carbocycles. The maximum absolute atomic E-state index is 12.0. The van der Waals surface area contributed by atoms with E-state index in [9.17, 15) is 9.90 Å². The highest BCUT2D eigenvalue weighted by Gasteiger charge is 2.03. The van der Waals surface area contributed by atoms with Crippen LogP contribution < -0.4 is 9.47 Å². The molecule has 114 valence electrons. The van der Waals surface area contributed by atoms with Gasteiger partial charge >= 0.3 is 0 Å². The lowest BCUT2D eigenvalue weighted by atomic mass is 10.1. The molecule has 1 N–H and O–H groups in total. The number of phenolic OH excluding ortho intramolecular Hbond substituents is 1. The van der Waals surface area contributed by atoms with E-state index >= 15 is 0 Å². The van der Waals surface area contributed by atoms with Crippen LogP contribution in [0.2, 0.25) is 0 Å². The van der Waals surface area contributed by atoms with Gasteiger partial charge in [0, 0.05) is 6.42 Å². The maximum atomic E-state index is 12.0. The van der Waals surface area contributed by atoms with Gasteiger partial charge in [0.05, 0.1) is 14.2 Å². The lowest BCUT2D eigenvalue weighted by Gasteiger charge is -2.03. The van der Waals surface area contributed by atoms with E-state index in [2.05, 4.69) is 0 Å². The highest BCUT2D eigenvalue weighted by Crippen LogP contribution is 2.26. The minimum absolute atomic E-state index is 0.0245. The number of benzene rings is 2. The van der Waals surface area contributed by atoms with Crippen molar-refractivity contribution < 1.29 is 19.4 Å². The molecular weight excluding hydrogens is 280 g/mol. The molecular formula is C18H18O4. The fraction of sp³-hybridized carbons (Fsp3) is 0.167. The van der Waals surface area contributed by atoms with Crippen molar-refractivity contribution in [2.24, 2.45) is 0 Å². The molecule has 0 fully saturated rings. The molecule has 2 rings (SSSR count). The lowest BCUT2D eigenvalue weighted by Crippen LogP contribution is -1.98. The highest BCUT2D eigenvalue weighted by atomic mass is 16.5. The van der Waals surface area contributed by atoms with Crippen LogP contribution in [0.5, 0.6) is 17.2 Å². The zero-order valence-electron chi connectivity index (χ0n) is 12.6. The Hall–Kier alpha value is -2.75. The molecule has 0 atom stereocenters. The molecule has 2 aromatic rings. The molecule has 0 bridgehead atoms. The SMILES string of the molecule is COc1cccc(CC(=O)/C=C/c2ccc(OC)c(O)c2)c1. The Morgan fingerprint density at radius 3 is 2.64 bits per heavy atom. The molecule has 0 aliphatic heterocycles. The molecule has 0 saturated carbocycles. The van der Waals surface area contributed by atoms with E-state index in [4.69, 9.17) is 9.47 Å². The number of ether oxygens (including phenoxy) is 2. The number of hydrogen-bond donors (Lipinski definition) is 1. The van der Waals surface area contributed by atoms with Crippen molar-refractivity contribution in [3.05, 3.63) is 59.7 Å². The second-order valence-electron chi connectivity index (χ2n) is 4.76. The zero-order valence-corrected chi connectivity index (χ0v) is 12.6. The summed E-state index contributed by atoms with van der Waals surface area (Å²) in [6.07, 6.45) is 3.47. The summed E-state index contributed by atoms with van der Waals surface area (Å²) in [6, 6.07) is 12.4. The van der Waals surface area contributed by atoms with Gasteiger partial charge in [0.2, 0.25) is 0 Å². The van der Waals surface area contributed by atoms with Crippen LogP contribution in [0.4, 0.5) is 0 Å². The molecule has 0 saturated heterocycles. The third-order valence-corrected chi connectivity index (χ3v) is 3.18. The number of carbonyl (C=O) groups is 1. The standard InChI is InChI=1S/C18H18O4/c1-21-16-5-3-4-14(11-16)10-15(19)8-6-13-7-9-18(22-2)17(20)12-13/h3-9,11-12,20H,10H2,1-2H3/b8-6+. The summed E-state index contributed by atoms with van der Waals surface area (Å²) in [5, 5.41) is 9.69. The number of methoxy groups -OCH3 is 2. The fourth-order valence-electron chi connectivity index (χ4n) is 2.04. The quantitative estimate of drug-likeness (QED) is 0.832. The Labute approximate surface area is 129 Å². The first-order valence-corrected chi connectivity index (χ1v) is 6.83. The number of phenols is 1.